The number of ether oxygens (including phenoxy) is 1. The molecule has 1 unspecified atom stereocenters. The molecule has 2 aromatic heterocycles. The molecule has 0 spiro atoms. The fraction of sp³-hybridized carbons (Fsp3) is 0.259. The molecule has 0 saturated carbocycles. The van der Waals surface area contributed by atoms with Crippen molar-refractivity contribution >= 4 is 50.8 Å². The number of amides is 2. The number of rotatable bonds is 7. The van der Waals surface area contributed by atoms with E-state index in [0.29, 0.717) is 44.0 Å². The molecule has 10 heteroatoms. The van der Waals surface area contributed by atoms with E-state index < -0.39 is 5.91 Å². The van der Waals surface area contributed by atoms with Crippen LogP contribution in [0.2, 0.25) is 0 Å². The van der Waals surface area contributed by atoms with Crippen LogP contribution < -0.4 is 21.3 Å². The molecule has 37 heavy (non-hydrogen) atoms. The normalized spacial score (nSPS) is 14.8. The molecular weight excluding hydrogens is 508 g/mol. The lowest BCUT2D eigenvalue weighted by atomic mass is 9.88. The van der Waals surface area contributed by atoms with E-state index in [1.807, 2.05) is 18.2 Å². The van der Waals surface area contributed by atoms with Crippen LogP contribution >= 0.6 is 23.1 Å². The second-order valence-electron chi connectivity index (χ2n) is 8.98. The van der Waals surface area contributed by atoms with Gasteiger partial charge in [-0.05, 0) is 55.0 Å². The van der Waals surface area contributed by atoms with Crippen LogP contribution in [0.4, 0.5) is 5.00 Å². The number of thiophene rings is 1. The number of methoxy groups -OCH3 is 1. The maximum absolute atomic E-state index is 13.5. The average Bonchev–Trinajstić information content (AvgIpc) is 3.24. The zero-order valence-electron chi connectivity index (χ0n) is 20.4. The van der Waals surface area contributed by atoms with Gasteiger partial charge >= 0.3 is 0 Å². The SMILES string of the molecule is COc1ccccc1-n1c(SCC(=O)Nc2sc3c(c2C(N)=O)CCC(C)C3)nc2ccccc2c1=O. The Morgan fingerprint density at radius 2 is 1.97 bits per heavy atom. The van der Waals surface area contributed by atoms with Gasteiger partial charge in [0.1, 0.15) is 10.8 Å². The van der Waals surface area contributed by atoms with Crippen LogP contribution in [0.1, 0.15) is 34.1 Å². The molecule has 2 heterocycles. The van der Waals surface area contributed by atoms with E-state index in [1.54, 1.807) is 30.3 Å². The molecule has 190 valence electrons. The summed E-state index contributed by atoms with van der Waals surface area (Å²) in [5, 5.41) is 4.20. The van der Waals surface area contributed by atoms with Crippen LogP contribution in [0.5, 0.6) is 5.75 Å². The van der Waals surface area contributed by atoms with Crippen LogP contribution in [0, 0.1) is 5.92 Å². The monoisotopic (exact) mass is 534 g/mol. The highest BCUT2D eigenvalue weighted by Crippen LogP contribution is 2.39. The smallest absolute Gasteiger partial charge is 0.266 e. The van der Waals surface area contributed by atoms with Gasteiger partial charge in [0.2, 0.25) is 5.91 Å². The number of thioether (sulfide) groups is 1. The van der Waals surface area contributed by atoms with Crippen molar-refractivity contribution in [1.82, 2.24) is 9.55 Å². The minimum atomic E-state index is -0.531. The summed E-state index contributed by atoms with van der Waals surface area (Å²) in [7, 11) is 1.54. The van der Waals surface area contributed by atoms with Crippen molar-refractivity contribution in [3.8, 4) is 11.4 Å². The molecule has 4 aromatic rings. The van der Waals surface area contributed by atoms with Crippen molar-refractivity contribution < 1.29 is 14.3 Å². The Hall–Kier alpha value is -3.63. The summed E-state index contributed by atoms with van der Waals surface area (Å²) in [5.41, 5.74) is 7.88. The highest BCUT2D eigenvalue weighted by molar-refractivity contribution is 7.99. The Morgan fingerprint density at radius 3 is 2.76 bits per heavy atom. The summed E-state index contributed by atoms with van der Waals surface area (Å²) >= 11 is 2.56. The Balaban J connectivity index is 1.46. The standard InChI is InChI=1S/C27H26N4O4S2/c1-15-11-12-17-21(13-15)37-25(23(17)24(28)33)30-22(32)14-36-27-29-18-8-4-3-7-16(18)26(34)31(27)19-9-5-6-10-20(19)35-2/h3-10,15H,11-14H2,1-2H3,(H2,28,33)(H,30,32). The number of carbonyl (C=O) groups excluding carboxylic acids is 2. The molecule has 8 nitrogen and oxygen atoms in total. The third-order valence-electron chi connectivity index (χ3n) is 6.41. The molecule has 0 saturated heterocycles. The highest BCUT2D eigenvalue weighted by atomic mass is 32.2. The molecule has 2 amide bonds. The van der Waals surface area contributed by atoms with Gasteiger partial charge in [-0.25, -0.2) is 4.98 Å². The quantitative estimate of drug-likeness (QED) is 0.268. The first-order valence-electron chi connectivity index (χ1n) is 11.9. The summed E-state index contributed by atoms with van der Waals surface area (Å²) in [5.74, 6) is 0.176. The Labute approximate surface area is 221 Å². The molecule has 0 bridgehead atoms. The number of benzene rings is 2. The Morgan fingerprint density at radius 1 is 1.22 bits per heavy atom. The van der Waals surface area contributed by atoms with Gasteiger partial charge in [0, 0.05) is 4.88 Å². The fourth-order valence-electron chi connectivity index (χ4n) is 4.63. The van der Waals surface area contributed by atoms with Gasteiger partial charge in [-0.2, -0.15) is 0 Å². The van der Waals surface area contributed by atoms with Gasteiger partial charge < -0.3 is 15.8 Å². The topological polar surface area (TPSA) is 116 Å². The van der Waals surface area contributed by atoms with Crippen LogP contribution in [-0.4, -0.2) is 34.2 Å². The molecule has 0 fully saturated rings. The molecule has 0 aliphatic heterocycles. The van der Waals surface area contributed by atoms with Gasteiger partial charge in [-0.1, -0.05) is 43.0 Å². The van der Waals surface area contributed by atoms with E-state index in [-0.39, 0.29) is 17.2 Å². The fourth-order valence-corrected chi connectivity index (χ4v) is 6.87. The zero-order valence-corrected chi connectivity index (χ0v) is 22.1. The number of nitrogens with zero attached hydrogens (tertiary/aromatic N) is 2. The van der Waals surface area contributed by atoms with E-state index in [2.05, 4.69) is 12.2 Å². The second-order valence-corrected chi connectivity index (χ2v) is 11.0. The van der Waals surface area contributed by atoms with Gasteiger partial charge in [0.05, 0.1) is 35.0 Å². The number of nitrogens with one attached hydrogen (secondary N) is 1. The number of primary amides is 1. The molecule has 0 radical (unpaired) electrons. The summed E-state index contributed by atoms with van der Waals surface area (Å²) in [4.78, 5) is 44.6. The zero-order chi connectivity index (χ0) is 26.1. The van der Waals surface area contributed by atoms with E-state index >= 15 is 0 Å². The van der Waals surface area contributed by atoms with Gasteiger partial charge in [-0.3, -0.25) is 19.0 Å². The van der Waals surface area contributed by atoms with Crippen molar-refractivity contribution in [2.45, 2.75) is 31.3 Å². The molecular formula is C27H26N4O4S2. The van der Waals surface area contributed by atoms with E-state index in [0.717, 1.165) is 41.5 Å². The van der Waals surface area contributed by atoms with Crippen LogP contribution in [0.15, 0.2) is 58.5 Å². The van der Waals surface area contributed by atoms with Crippen molar-refractivity contribution in [3.63, 3.8) is 0 Å². The first-order valence-corrected chi connectivity index (χ1v) is 13.7. The van der Waals surface area contributed by atoms with Crippen LogP contribution in [0.3, 0.4) is 0 Å². The lowest BCUT2D eigenvalue weighted by molar-refractivity contribution is -0.113. The van der Waals surface area contributed by atoms with Gasteiger partial charge in [0.25, 0.3) is 11.5 Å². The number of para-hydroxylation sites is 3. The number of carbonyl (C=O) groups is 2. The highest BCUT2D eigenvalue weighted by Gasteiger charge is 2.27. The third-order valence-corrected chi connectivity index (χ3v) is 8.52. The van der Waals surface area contributed by atoms with Crippen molar-refractivity contribution in [2.24, 2.45) is 11.7 Å². The molecule has 5 rings (SSSR count). The number of anilines is 1. The van der Waals surface area contributed by atoms with Crippen LogP contribution in [0.25, 0.3) is 16.6 Å². The number of aromatic nitrogens is 2. The Bertz CT molecular complexity index is 1580. The van der Waals surface area contributed by atoms with Crippen LogP contribution in [-0.2, 0) is 17.6 Å². The number of hydrogen-bond donors (Lipinski definition) is 2. The average molecular weight is 535 g/mol. The molecule has 3 N–H and O–H groups in total. The lowest BCUT2D eigenvalue weighted by Crippen LogP contribution is -2.23. The predicted octanol–water partition coefficient (Wildman–Crippen LogP) is 4.41. The number of fused-ring (bicyclic) bond motifs is 2. The first-order chi connectivity index (χ1) is 17.9. The van der Waals surface area contributed by atoms with E-state index in [9.17, 15) is 14.4 Å². The Kier molecular flexibility index (Phi) is 7.03. The first kappa shape index (κ1) is 25.0. The maximum Gasteiger partial charge on any atom is 0.266 e. The van der Waals surface area contributed by atoms with Crippen molar-refractivity contribution in [1.29, 1.82) is 0 Å². The van der Waals surface area contributed by atoms with E-state index in [4.69, 9.17) is 15.5 Å². The lowest BCUT2D eigenvalue weighted by Gasteiger charge is -2.18. The second kappa shape index (κ2) is 10.4. The molecule has 1 aliphatic carbocycles. The summed E-state index contributed by atoms with van der Waals surface area (Å²) in [6, 6.07) is 14.3. The molecule has 1 atom stereocenters. The van der Waals surface area contributed by atoms with Crippen molar-refractivity contribution in [2.75, 3.05) is 18.2 Å². The molecule has 2 aromatic carbocycles. The number of nitrogens with two attached hydrogens (primary N) is 1. The minimum Gasteiger partial charge on any atom is -0.495 e. The summed E-state index contributed by atoms with van der Waals surface area (Å²) in [6.07, 6.45) is 2.64. The third kappa shape index (κ3) is 4.86. The molecule has 1 aliphatic rings. The van der Waals surface area contributed by atoms with Gasteiger partial charge in [0.15, 0.2) is 5.16 Å². The number of hydrogen-bond acceptors (Lipinski definition) is 7. The van der Waals surface area contributed by atoms with Crippen molar-refractivity contribution in [3.05, 3.63) is 74.9 Å². The predicted molar refractivity (Wildman–Crippen MR) is 147 cm³/mol. The van der Waals surface area contributed by atoms with E-state index in [1.165, 1.54) is 23.0 Å². The maximum atomic E-state index is 13.5. The summed E-state index contributed by atoms with van der Waals surface area (Å²) in [6.45, 7) is 2.18. The minimum absolute atomic E-state index is 0.0168. The van der Waals surface area contributed by atoms with Gasteiger partial charge in [-0.15, -0.1) is 11.3 Å². The summed E-state index contributed by atoms with van der Waals surface area (Å²) < 4.78 is 6.96. The largest absolute Gasteiger partial charge is 0.495 e.